The van der Waals surface area contributed by atoms with Crippen molar-refractivity contribution in [3.63, 3.8) is 0 Å². The minimum Gasteiger partial charge on any atom is -0.339 e. The van der Waals surface area contributed by atoms with Crippen LogP contribution >= 0.6 is 0 Å². The molecular formula is C16H24N4O4S. The zero-order valence-corrected chi connectivity index (χ0v) is 15.4. The number of nitrogens with zero attached hydrogens (tertiary/aromatic N) is 3. The zero-order chi connectivity index (χ0) is 18.2. The molecule has 1 atom stereocenters. The first-order chi connectivity index (χ1) is 11.8. The third kappa shape index (κ3) is 3.56. The van der Waals surface area contributed by atoms with E-state index in [1.54, 1.807) is 18.9 Å². The number of aryl methyl sites for hydroxylation is 1. The molecule has 1 aliphatic heterocycles. The molecule has 138 valence electrons. The molecule has 2 amide bonds. The second-order valence-corrected chi connectivity index (χ2v) is 8.58. The fourth-order valence-electron chi connectivity index (χ4n) is 3.67. The molecule has 3 rings (SSSR count). The Balaban J connectivity index is 1.67. The number of hydrogen-bond acceptors (Lipinski definition) is 5. The maximum atomic E-state index is 12.4. The van der Waals surface area contributed by atoms with E-state index >= 15 is 0 Å². The molecule has 1 saturated heterocycles. The number of carbonyl (C=O) groups excluding carboxylic acids is 2. The van der Waals surface area contributed by atoms with Crippen LogP contribution in [0.4, 0.5) is 0 Å². The molecule has 0 bridgehead atoms. The van der Waals surface area contributed by atoms with Crippen LogP contribution in [0.1, 0.15) is 44.2 Å². The number of aromatic nitrogens is 2. The van der Waals surface area contributed by atoms with Gasteiger partial charge in [0.15, 0.2) is 0 Å². The van der Waals surface area contributed by atoms with Crippen LogP contribution < -0.4 is 4.72 Å². The molecule has 9 heteroatoms. The number of nitrogens with one attached hydrogen (secondary N) is 1. The lowest BCUT2D eigenvalue weighted by atomic mass is 9.94. The van der Waals surface area contributed by atoms with Crippen LogP contribution in [0.25, 0.3) is 0 Å². The number of amides is 2. The second-order valence-electron chi connectivity index (χ2n) is 6.93. The topological polar surface area (TPSA) is 101 Å². The van der Waals surface area contributed by atoms with Gasteiger partial charge in [0.05, 0.1) is 17.8 Å². The minimum atomic E-state index is -3.98. The smallest absolute Gasteiger partial charge is 0.267 e. The lowest BCUT2D eigenvalue weighted by molar-refractivity contribution is -0.130. The lowest BCUT2D eigenvalue weighted by Crippen LogP contribution is -2.40. The molecule has 2 heterocycles. The van der Waals surface area contributed by atoms with E-state index in [1.807, 2.05) is 0 Å². The van der Waals surface area contributed by atoms with Gasteiger partial charge in [-0.3, -0.25) is 14.3 Å². The molecule has 0 radical (unpaired) electrons. The van der Waals surface area contributed by atoms with E-state index < -0.39 is 21.8 Å². The second kappa shape index (κ2) is 6.78. The minimum absolute atomic E-state index is 0.0168. The molecule has 25 heavy (non-hydrogen) atoms. The normalized spacial score (nSPS) is 22.4. The molecule has 0 aromatic carbocycles. The van der Waals surface area contributed by atoms with Gasteiger partial charge in [-0.05, 0) is 19.8 Å². The molecular weight excluding hydrogens is 344 g/mol. The quantitative estimate of drug-likeness (QED) is 0.844. The number of sulfonamides is 1. The molecule has 1 aromatic rings. The monoisotopic (exact) mass is 368 g/mol. The van der Waals surface area contributed by atoms with E-state index in [9.17, 15) is 18.0 Å². The van der Waals surface area contributed by atoms with E-state index in [-0.39, 0.29) is 23.3 Å². The summed E-state index contributed by atoms with van der Waals surface area (Å²) in [6.07, 6.45) is 6.61. The molecule has 1 saturated carbocycles. The van der Waals surface area contributed by atoms with Gasteiger partial charge in [0.25, 0.3) is 10.0 Å². The molecule has 1 aromatic heterocycles. The maximum Gasteiger partial charge on any atom is 0.267 e. The van der Waals surface area contributed by atoms with Gasteiger partial charge in [-0.1, -0.05) is 19.3 Å². The van der Waals surface area contributed by atoms with Gasteiger partial charge in [-0.25, -0.2) is 13.1 Å². The molecule has 2 fully saturated rings. The number of rotatable bonds is 4. The Hall–Kier alpha value is -1.90. The van der Waals surface area contributed by atoms with Crippen molar-refractivity contribution in [1.29, 1.82) is 0 Å². The molecule has 8 nitrogen and oxygen atoms in total. The summed E-state index contributed by atoms with van der Waals surface area (Å²) in [5.41, 5.74) is 0.451. The van der Waals surface area contributed by atoms with Crippen molar-refractivity contribution < 1.29 is 18.0 Å². The fourth-order valence-corrected chi connectivity index (χ4v) is 4.91. The lowest BCUT2D eigenvalue weighted by Gasteiger charge is -2.31. The van der Waals surface area contributed by atoms with Crippen LogP contribution in [0.3, 0.4) is 0 Å². The van der Waals surface area contributed by atoms with Crippen molar-refractivity contribution >= 4 is 21.8 Å². The summed E-state index contributed by atoms with van der Waals surface area (Å²) in [6, 6.07) is 0.191. The van der Waals surface area contributed by atoms with Crippen LogP contribution in [0.5, 0.6) is 0 Å². The van der Waals surface area contributed by atoms with Gasteiger partial charge in [0.1, 0.15) is 4.90 Å². The number of likely N-dealkylation sites (tertiary alicyclic amines) is 1. The Morgan fingerprint density at radius 2 is 1.96 bits per heavy atom. The third-order valence-electron chi connectivity index (χ3n) is 5.26. The Labute approximate surface area is 147 Å². The van der Waals surface area contributed by atoms with E-state index in [0.717, 1.165) is 25.7 Å². The first-order valence-electron chi connectivity index (χ1n) is 8.64. The van der Waals surface area contributed by atoms with Gasteiger partial charge < -0.3 is 4.90 Å². The van der Waals surface area contributed by atoms with E-state index in [2.05, 4.69) is 9.82 Å². The van der Waals surface area contributed by atoms with Crippen molar-refractivity contribution in [3.8, 4) is 0 Å². The molecule has 1 unspecified atom stereocenters. The summed E-state index contributed by atoms with van der Waals surface area (Å²) in [7, 11) is -2.35. The summed E-state index contributed by atoms with van der Waals surface area (Å²) >= 11 is 0. The molecule has 0 spiro atoms. The predicted octanol–water partition coefficient (Wildman–Crippen LogP) is 0.715. The van der Waals surface area contributed by atoms with Crippen molar-refractivity contribution in [1.82, 2.24) is 19.4 Å². The zero-order valence-electron chi connectivity index (χ0n) is 14.6. The van der Waals surface area contributed by atoms with Gasteiger partial charge >= 0.3 is 0 Å². The Bertz CT molecular complexity index is 780. The van der Waals surface area contributed by atoms with E-state index in [0.29, 0.717) is 12.2 Å². The van der Waals surface area contributed by atoms with Gasteiger partial charge in [0.2, 0.25) is 11.8 Å². The molecule has 1 aliphatic carbocycles. The van der Waals surface area contributed by atoms with Crippen LogP contribution in [0.15, 0.2) is 11.1 Å². The van der Waals surface area contributed by atoms with Gasteiger partial charge in [0, 0.05) is 26.1 Å². The van der Waals surface area contributed by atoms with Crippen molar-refractivity contribution in [2.24, 2.45) is 13.0 Å². The van der Waals surface area contributed by atoms with Crippen molar-refractivity contribution in [3.05, 3.63) is 11.9 Å². The number of carbonyl (C=O) groups is 2. The van der Waals surface area contributed by atoms with Crippen LogP contribution in [-0.4, -0.2) is 47.5 Å². The molecule has 1 N–H and O–H groups in total. The standard InChI is InChI=1S/C16H24N4O4S/c1-11-14(9-17-19(11)2)25(23,24)18-16(22)12-8-15(21)20(10-12)13-6-4-3-5-7-13/h9,12-13H,3-8,10H2,1-2H3,(H,18,22). The summed E-state index contributed by atoms with van der Waals surface area (Å²) in [5, 5.41) is 3.90. The van der Waals surface area contributed by atoms with Crippen molar-refractivity contribution in [2.75, 3.05) is 6.54 Å². The fraction of sp³-hybridized carbons (Fsp3) is 0.688. The first kappa shape index (κ1) is 17.9. The highest BCUT2D eigenvalue weighted by molar-refractivity contribution is 7.90. The van der Waals surface area contributed by atoms with Gasteiger partial charge in [-0.2, -0.15) is 5.10 Å². The Morgan fingerprint density at radius 3 is 2.56 bits per heavy atom. The average Bonchev–Trinajstić information content (AvgIpc) is 3.12. The summed E-state index contributed by atoms with van der Waals surface area (Å²) in [4.78, 5) is 26.4. The third-order valence-corrected chi connectivity index (χ3v) is 6.71. The van der Waals surface area contributed by atoms with Crippen LogP contribution in [-0.2, 0) is 26.7 Å². The average molecular weight is 368 g/mol. The van der Waals surface area contributed by atoms with Crippen LogP contribution in [0, 0.1) is 12.8 Å². The Kier molecular flexibility index (Phi) is 4.86. The van der Waals surface area contributed by atoms with Crippen molar-refractivity contribution in [2.45, 2.75) is 56.4 Å². The largest absolute Gasteiger partial charge is 0.339 e. The predicted molar refractivity (Wildman–Crippen MR) is 90.0 cm³/mol. The first-order valence-corrected chi connectivity index (χ1v) is 10.1. The van der Waals surface area contributed by atoms with E-state index in [1.165, 1.54) is 17.3 Å². The summed E-state index contributed by atoms with van der Waals surface area (Å²) in [6.45, 7) is 1.92. The van der Waals surface area contributed by atoms with Crippen LogP contribution in [0.2, 0.25) is 0 Å². The summed E-state index contributed by atoms with van der Waals surface area (Å²) in [5.74, 6) is -1.29. The van der Waals surface area contributed by atoms with Gasteiger partial charge in [-0.15, -0.1) is 0 Å². The highest BCUT2D eigenvalue weighted by atomic mass is 32.2. The summed E-state index contributed by atoms with van der Waals surface area (Å²) < 4.78 is 28.4. The highest BCUT2D eigenvalue weighted by Crippen LogP contribution is 2.29. The van der Waals surface area contributed by atoms with E-state index in [4.69, 9.17) is 0 Å². The maximum absolute atomic E-state index is 12.4. The number of hydrogen-bond donors (Lipinski definition) is 1. The molecule has 2 aliphatic rings. The Morgan fingerprint density at radius 1 is 1.28 bits per heavy atom. The SMILES string of the molecule is Cc1c(S(=O)(=O)NC(=O)C2CC(=O)N(C3CCCCC3)C2)cnn1C. The highest BCUT2D eigenvalue weighted by Gasteiger charge is 2.39.